The van der Waals surface area contributed by atoms with Crippen LogP contribution in [-0.4, -0.2) is 73.7 Å². The lowest BCUT2D eigenvalue weighted by atomic mass is 10.1. The number of aromatic nitrogens is 3. The summed E-state index contributed by atoms with van der Waals surface area (Å²) in [6, 6.07) is 0. The van der Waals surface area contributed by atoms with E-state index >= 15 is 0 Å². The maximum Gasteiger partial charge on any atom is 0.409 e. The number of carbonyl (C=O) groups excluding carboxylic acids is 1. The molecule has 1 aliphatic rings. The molecule has 11 nitrogen and oxygen atoms in total. The third kappa shape index (κ3) is 3.60. The van der Waals surface area contributed by atoms with Crippen molar-refractivity contribution in [1.82, 2.24) is 19.4 Å². The highest BCUT2D eigenvalue weighted by atomic mass is 32.1. The number of hydrogen-bond acceptors (Lipinski definition) is 10. The summed E-state index contributed by atoms with van der Waals surface area (Å²) in [5, 5.41) is 20.6. The van der Waals surface area contributed by atoms with Crippen molar-refractivity contribution in [2.75, 3.05) is 25.4 Å². The number of nitrogens with zero attached hydrogens (tertiary/aromatic N) is 4. The summed E-state index contributed by atoms with van der Waals surface area (Å²) < 4.78 is 12.4. The smallest absolute Gasteiger partial charge is 0.409 e. The maximum atomic E-state index is 12.3. The van der Waals surface area contributed by atoms with Gasteiger partial charge in [-0.2, -0.15) is 4.98 Å². The average molecular weight is 399 g/mol. The predicted molar refractivity (Wildman–Crippen MR) is 96.3 cm³/mol. The van der Waals surface area contributed by atoms with Gasteiger partial charge in [0.25, 0.3) is 0 Å². The molecule has 1 saturated heterocycles. The van der Waals surface area contributed by atoms with Gasteiger partial charge < -0.3 is 30.3 Å². The van der Waals surface area contributed by atoms with Gasteiger partial charge in [-0.3, -0.25) is 9.36 Å². The van der Waals surface area contributed by atoms with Crippen LogP contribution in [-0.2, 0) is 9.47 Å². The average Bonchev–Trinajstić information content (AvgIpc) is 3.10. The second-order valence-electron chi connectivity index (χ2n) is 5.95. The third-order valence-corrected chi connectivity index (χ3v) is 5.24. The fourth-order valence-corrected chi connectivity index (χ4v) is 3.70. The second kappa shape index (κ2) is 7.76. The Kier molecular flexibility index (Phi) is 5.60. The molecule has 12 heteroatoms. The summed E-state index contributed by atoms with van der Waals surface area (Å²) in [7, 11) is 0. The first-order chi connectivity index (χ1) is 12.9. The monoisotopic (exact) mass is 399 g/mol. The van der Waals surface area contributed by atoms with Gasteiger partial charge in [-0.1, -0.05) is 11.3 Å². The van der Waals surface area contributed by atoms with Crippen LogP contribution in [0.15, 0.2) is 11.0 Å². The highest BCUT2D eigenvalue weighted by molar-refractivity contribution is 7.16. The molecule has 1 fully saturated rings. The molecular formula is C15H21N5O6S. The zero-order valence-corrected chi connectivity index (χ0v) is 15.6. The van der Waals surface area contributed by atoms with Crippen LogP contribution < -0.4 is 10.6 Å². The van der Waals surface area contributed by atoms with Crippen molar-refractivity contribution in [1.29, 1.82) is 0 Å². The summed E-state index contributed by atoms with van der Waals surface area (Å²) in [5.41, 5.74) is 5.78. The first-order valence-electron chi connectivity index (χ1n) is 8.44. The minimum Gasteiger partial charge on any atom is -0.447 e. The fraction of sp³-hybridized carbons (Fsp3) is 0.600. The van der Waals surface area contributed by atoms with Crippen LogP contribution in [0.5, 0.6) is 0 Å². The molecule has 148 valence electrons. The molecule has 3 rings (SSSR count). The maximum absolute atomic E-state index is 12.3. The number of rotatable bonds is 5. The summed E-state index contributed by atoms with van der Waals surface area (Å²) in [4.78, 5) is 33.2. The standard InChI is InChI=1S/C15H21N5O6S/c1-3-19(4-2)14(23)25-6-7-9(21)10(22)12(26-7)20-11-8(27-15(20)24)5-17-13(16)18-11/h5,7,9-10,12,21-22H,3-4,6H2,1-2H3,(H2,16,17,18)/t7-,9+,10-,12?/m1/s1. The highest BCUT2D eigenvalue weighted by Gasteiger charge is 2.45. The van der Waals surface area contributed by atoms with Gasteiger partial charge in [-0.05, 0) is 13.8 Å². The third-order valence-electron chi connectivity index (χ3n) is 4.36. The van der Waals surface area contributed by atoms with Gasteiger partial charge in [-0.15, -0.1) is 0 Å². The molecule has 3 heterocycles. The van der Waals surface area contributed by atoms with Gasteiger partial charge in [0.1, 0.15) is 24.9 Å². The van der Waals surface area contributed by atoms with Crippen LogP contribution in [0.4, 0.5) is 10.7 Å². The molecule has 2 aromatic rings. The fourth-order valence-electron chi connectivity index (χ4n) is 2.88. The van der Waals surface area contributed by atoms with Crippen LogP contribution in [0, 0.1) is 0 Å². The van der Waals surface area contributed by atoms with Crippen LogP contribution in [0.25, 0.3) is 10.3 Å². The summed E-state index contributed by atoms with van der Waals surface area (Å²) in [6.45, 7) is 4.32. The number of fused-ring (bicyclic) bond motifs is 1. The van der Waals surface area contributed by atoms with Crippen LogP contribution in [0.1, 0.15) is 20.1 Å². The topological polar surface area (TPSA) is 153 Å². The Morgan fingerprint density at radius 2 is 2.11 bits per heavy atom. The van der Waals surface area contributed by atoms with E-state index in [4.69, 9.17) is 15.2 Å². The molecule has 4 N–H and O–H groups in total. The van der Waals surface area contributed by atoms with Crippen molar-refractivity contribution >= 4 is 33.7 Å². The number of thiazole rings is 1. The molecule has 0 radical (unpaired) electrons. The minimum atomic E-state index is -1.41. The predicted octanol–water partition coefficient (Wildman–Crippen LogP) is -0.467. The number of hydrogen-bond donors (Lipinski definition) is 3. The lowest BCUT2D eigenvalue weighted by molar-refractivity contribution is -0.0566. The number of ether oxygens (including phenoxy) is 2. The van der Waals surface area contributed by atoms with Gasteiger partial charge in [0.2, 0.25) is 5.95 Å². The summed E-state index contributed by atoms with van der Waals surface area (Å²) in [5.74, 6) is -0.0354. The molecule has 0 saturated carbocycles. The van der Waals surface area contributed by atoms with E-state index in [-0.39, 0.29) is 18.2 Å². The lowest BCUT2D eigenvalue weighted by Gasteiger charge is -2.20. The Labute approximate surface area is 158 Å². The van der Waals surface area contributed by atoms with Crippen molar-refractivity contribution in [3.8, 4) is 0 Å². The molecule has 27 heavy (non-hydrogen) atoms. The van der Waals surface area contributed by atoms with Gasteiger partial charge in [0.05, 0.1) is 10.9 Å². The zero-order valence-electron chi connectivity index (χ0n) is 14.8. The normalized spacial score (nSPS) is 25.0. The number of aliphatic hydroxyl groups excluding tert-OH is 2. The molecule has 1 aliphatic heterocycles. The Bertz CT molecular complexity index is 881. The van der Waals surface area contributed by atoms with E-state index < -0.39 is 35.5 Å². The van der Waals surface area contributed by atoms with E-state index in [9.17, 15) is 19.8 Å². The highest BCUT2D eigenvalue weighted by Crippen LogP contribution is 2.31. The lowest BCUT2D eigenvalue weighted by Crippen LogP contribution is -2.37. The zero-order chi connectivity index (χ0) is 19.7. The van der Waals surface area contributed by atoms with Gasteiger partial charge in [-0.25, -0.2) is 9.78 Å². The van der Waals surface area contributed by atoms with E-state index in [0.717, 1.165) is 15.9 Å². The van der Waals surface area contributed by atoms with Crippen LogP contribution in [0.2, 0.25) is 0 Å². The number of amides is 1. The number of anilines is 1. The first-order valence-corrected chi connectivity index (χ1v) is 9.25. The van der Waals surface area contributed by atoms with Crippen molar-refractivity contribution < 1.29 is 24.5 Å². The number of nitrogens with two attached hydrogens (primary N) is 1. The molecule has 0 bridgehead atoms. The summed E-state index contributed by atoms with van der Waals surface area (Å²) in [6.07, 6.45) is -4.08. The Hall–Kier alpha value is -2.28. The SMILES string of the molecule is CCN(CC)C(=O)OC[C@H]1OC(n2c(=O)sc3cnc(N)nc32)[C@H](O)[C@H]1O. The quantitative estimate of drug-likeness (QED) is 0.605. The van der Waals surface area contributed by atoms with E-state index in [1.54, 1.807) is 0 Å². The van der Waals surface area contributed by atoms with E-state index in [2.05, 4.69) is 9.97 Å². The molecule has 0 spiro atoms. The molecule has 4 atom stereocenters. The van der Waals surface area contributed by atoms with E-state index in [1.165, 1.54) is 11.1 Å². The van der Waals surface area contributed by atoms with Crippen LogP contribution >= 0.6 is 11.3 Å². The van der Waals surface area contributed by atoms with Crippen LogP contribution in [0.3, 0.4) is 0 Å². The van der Waals surface area contributed by atoms with Crippen molar-refractivity contribution in [2.45, 2.75) is 38.4 Å². The van der Waals surface area contributed by atoms with Gasteiger partial charge >= 0.3 is 11.0 Å². The molecular weight excluding hydrogens is 378 g/mol. The molecule has 0 aromatic carbocycles. The van der Waals surface area contributed by atoms with E-state index in [0.29, 0.717) is 17.8 Å². The number of nitrogen functional groups attached to an aromatic ring is 1. The second-order valence-corrected chi connectivity index (χ2v) is 6.94. The van der Waals surface area contributed by atoms with Gasteiger partial charge in [0.15, 0.2) is 11.9 Å². The number of aliphatic hydroxyl groups is 2. The molecule has 1 amide bonds. The van der Waals surface area contributed by atoms with Crippen molar-refractivity contribution in [2.24, 2.45) is 0 Å². The molecule has 1 unspecified atom stereocenters. The molecule has 0 aliphatic carbocycles. The largest absolute Gasteiger partial charge is 0.447 e. The first kappa shape index (κ1) is 19.5. The number of carbonyl (C=O) groups is 1. The van der Waals surface area contributed by atoms with Crippen molar-refractivity contribution in [3.63, 3.8) is 0 Å². The van der Waals surface area contributed by atoms with Gasteiger partial charge in [0, 0.05) is 13.1 Å². The Morgan fingerprint density at radius 3 is 2.78 bits per heavy atom. The van der Waals surface area contributed by atoms with Crippen molar-refractivity contribution in [3.05, 3.63) is 15.9 Å². The Balaban J connectivity index is 1.80. The minimum absolute atomic E-state index is 0.0354. The Morgan fingerprint density at radius 1 is 1.41 bits per heavy atom. The summed E-state index contributed by atoms with van der Waals surface area (Å²) >= 11 is 0.869. The van der Waals surface area contributed by atoms with E-state index in [1.807, 2.05) is 13.8 Å². The molecule has 2 aromatic heterocycles.